The summed E-state index contributed by atoms with van der Waals surface area (Å²) in [7, 11) is 0. The number of hydroxylamine groups is 2. The van der Waals surface area contributed by atoms with Crippen LogP contribution in [0.25, 0.3) is 0 Å². The highest BCUT2D eigenvalue weighted by Gasteiger charge is 2.54. The Morgan fingerprint density at radius 3 is 2.70 bits per heavy atom. The molecule has 0 N–H and O–H groups in total. The summed E-state index contributed by atoms with van der Waals surface area (Å²) >= 11 is 0. The lowest BCUT2D eigenvalue weighted by molar-refractivity contribution is -0.330. The van der Waals surface area contributed by atoms with Crippen LogP contribution >= 0.6 is 0 Å². The van der Waals surface area contributed by atoms with Gasteiger partial charge in [-0.15, -0.1) is 0 Å². The normalized spacial score (nSPS) is 27.1. The minimum atomic E-state index is -1.80. The van der Waals surface area contributed by atoms with Crippen LogP contribution in [0.4, 0.5) is 13.2 Å². The molecule has 0 amide bonds. The first kappa shape index (κ1) is 12.9. The van der Waals surface area contributed by atoms with Crippen molar-refractivity contribution < 1.29 is 32.3 Å². The van der Waals surface area contributed by atoms with Crippen molar-refractivity contribution in [3.8, 4) is 0 Å². The van der Waals surface area contributed by atoms with Gasteiger partial charge in [-0.1, -0.05) is 11.1 Å². The first-order valence-corrected chi connectivity index (χ1v) is 5.76. The van der Waals surface area contributed by atoms with Gasteiger partial charge < -0.3 is 9.57 Å². The Labute approximate surface area is 110 Å². The van der Waals surface area contributed by atoms with Crippen LogP contribution in [0.3, 0.4) is 0 Å². The third kappa shape index (κ3) is 1.92. The molecule has 0 spiro atoms. The lowest BCUT2D eigenvalue weighted by atomic mass is 9.89. The molecule has 3 rings (SSSR count). The standard InChI is InChI=1S/C12H8F3NO4/c13-5-1-2-6(8(14)3-5)9(15)7-4-16-10(7)19-11(17)12(18)20-16/h1-3,7,9-10H,4H2. The van der Waals surface area contributed by atoms with E-state index in [1.807, 2.05) is 0 Å². The maximum absolute atomic E-state index is 14.2. The predicted molar refractivity (Wildman–Crippen MR) is 56.4 cm³/mol. The summed E-state index contributed by atoms with van der Waals surface area (Å²) < 4.78 is 45.2. The lowest BCUT2D eigenvalue weighted by Crippen LogP contribution is -2.63. The zero-order valence-electron chi connectivity index (χ0n) is 9.89. The van der Waals surface area contributed by atoms with Crippen molar-refractivity contribution in [2.75, 3.05) is 6.54 Å². The van der Waals surface area contributed by atoms with Crippen molar-refractivity contribution in [3.05, 3.63) is 35.4 Å². The van der Waals surface area contributed by atoms with E-state index in [2.05, 4.69) is 4.84 Å². The number of hydrogen-bond acceptors (Lipinski definition) is 5. The average molecular weight is 287 g/mol. The van der Waals surface area contributed by atoms with Gasteiger partial charge in [-0.2, -0.15) is 0 Å². The molecule has 1 aromatic carbocycles. The van der Waals surface area contributed by atoms with Crippen molar-refractivity contribution in [2.24, 2.45) is 5.92 Å². The smallest absolute Gasteiger partial charge is 0.434 e. The predicted octanol–water partition coefficient (Wildman–Crippen LogP) is 1.25. The summed E-state index contributed by atoms with van der Waals surface area (Å²) in [6, 6.07) is 2.51. The number of fused-ring (bicyclic) bond motifs is 1. The quantitative estimate of drug-likeness (QED) is 0.605. The summed E-state index contributed by atoms with van der Waals surface area (Å²) in [5.74, 6) is -5.11. The Morgan fingerprint density at radius 2 is 2.00 bits per heavy atom. The third-order valence-corrected chi connectivity index (χ3v) is 3.27. The van der Waals surface area contributed by atoms with Gasteiger partial charge >= 0.3 is 11.9 Å². The van der Waals surface area contributed by atoms with E-state index >= 15 is 0 Å². The molecule has 0 bridgehead atoms. The number of rotatable bonds is 2. The van der Waals surface area contributed by atoms with Crippen LogP contribution in [0.1, 0.15) is 11.7 Å². The molecule has 0 radical (unpaired) electrons. The van der Waals surface area contributed by atoms with E-state index in [4.69, 9.17) is 4.74 Å². The van der Waals surface area contributed by atoms with Gasteiger partial charge in [0.1, 0.15) is 17.8 Å². The molecule has 5 nitrogen and oxygen atoms in total. The summed E-state index contributed by atoms with van der Waals surface area (Å²) in [4.78, 5) is 26.5. The molecule has 2 aliphatic heterocycles. The van der Waals surface area contributed by atoms with Crippen LogP contribution < -0.4 is 0 Å². The molecular formula is C12H8F3NO4. The molecule has 3 unspecified atom stereocenters. The molecule has 0 aromatic heterocycles. The minimum absolute atomic E-state index is 0.0400. The highest BCUT2D eigenvalue weighted by Crippen LogP contribution is 2.41. The van der Waals surface area contributed by atoms with Gasteiger partial charge in [0.2, 0.25) is 0 Å². The van der Waals surface area contributed by atoms with Crippen molar-refractivity contribution in [3.63, 3.8) is 0 Å². The van der Waals surface area contributed by atoms with Gasteiger partial charge in [0.05, 0.1) is 12.5 Å². The molecule has 1 aromatic rings. The SMILES string of the molecule is O=C1OC2C(C(F)c3ccc(F)cc3F)CN2OC1=O. The summed E-state index contributed by atoms with van der Waals surface area (Å²) in [5, 5.41) is 1.00. The highest BCUT2D eigenvalue weighted by molar-refractivity contribution is 6.30. The second kappa shape index (κ2) is 4.48. The first-order chi connectivity index (χ1) is 9.47. The fourth-order valence-corrected chi connectivity index (χ4v) is 2.21. The van der Waals surface area contributed by atoms with Crippen LogP contribution in [0.2, 0.25) is 0 Å². The monoisotopic (exact) mass is 287 g/mol. The lowest BCUT2D eigenvalue weighted by Gasteiger charge is -2.47. The molecule has 2 saturated heterocycles. The number of alkyl halides is 1. The van der Waals surface area contributed by atoms with Gasteiger partial charge in [-0.05, 0) is 6.07 Å². The highest BCUT2D eigenvalue weighted by atomic mass is 19.1. The number of hydrogen-bond donors (Lipinski definition) is 0. The summed E-state index contributed by atoms with van der Waals surface area (Å²) in [6.07, 6.45) is -2.89. The zero-order valence-corrected chi connectivity index (χ0v) is 9.89. The number of carbonyl (C=O) groups excluding carboxylic acids is 2. The minimum Gasteiger partial charge on any atom is -0.434 e. The fourth-order valence-electron chi connectivity index (χ4n) is 2.21. The van der Waals surface area contributed by atoms with Crippen LogP contribution in [-0.2, 0) is 19.2 Å². The van der Waals surface area contributed by atoms with E-state index in [1.165, 1.54) is 0 Å². The van der Waals surface area contributed by atoms with Crippen molar-refractivity contribution >= 4 is 11.9 Å². The van der Waals surface area contributed by atoms with E-state index < -0.39 is 41.9 Å². The van der Waals surface area contributed by atoms with E-state index in [0.717, 1.165) is 17.2 Å². The largest absolute Gasteiger partial charge is 0.436 e. The van der Waals surface area contributed by atoms with Gasteiger partial charge in [-0.3, -0.25) is 0 Å². The Kier molecular flexibility index (Phi) is 2.89. The molecule has 8 heteroatoms. The Hall–Kier alpha value is -2.09. The van der Waals surface area contributed by atoms with Gasteiger partial charge in [0.25, 0.3) is 0 Å². The van der Waals surface area contributed by atoms with E-state index in [0.29, 0.717) is 6.07 Å². The van der Waals surface area contributed by atoms with Crippen LogP contribution in [0, 0.1) is 17.6 Å². The summed E-state index contributed by atoms with van der Waals surface area (Å²) in [5.41, 5.74) is -0.330. The third-order valence-electron chi connectivity index (χ3n) is 3.27. The zero-order chi connectivity index (χ0) is 14.4. The van der Waals surface area contributed by atoms with Crippen LogP contribution in [0.5, 0.6) is 0 Å². The fraction of sp³-hybridized carbons (Fsp3) is 0.333. The van der Waals surface area contributed by atoms with Crippen molar-refractivity contribution in [1.29, 1.82) is 0 Å². The van der Waals surface area contributed by atoms with Crippen molar-refractivity contribution in [2.45, 2.75) is 12.4 Å². The van der Waals surface area contributed by atoms with Crippen LogP contribution in [0.15, 0.2) is 18.2 Å². The number of carbonyl (C=O) groups is 2. The van der Waals surface area contributed by atoms with E-state index in [9.17, 15) is 22.8 Å². The molecule has 2 aliphatic rings. The maximum atomic E-state index is 14.2. The molecule has 3 atom stereocenters. The van der Waals surface area contributed by atoms with Crippen molar-refractivity contribution in [1.82, 2.24) is 5.06 Å². The Morgan fingerprint density at radius 1 is 1.25 bits per heavy atom. The average Bonchev–Trinajstić information content (AvgIpc) is 2.37. The maximum Gasteiger partial charge on any atom is 0.436 e. The second-order valence-electron chi connectivity index (χ2n) is 4.51. The Balaban J connectivity index is 1.78. The van der Waals surface area contributed by atoms with Gasteiger partial charge in [0, 0.05) is 11.6 Å². The van der Waals surface area contributed by atoms with E-state index in [-0.39, 0.29) is 12.1 Å². The number of ether oxygens (including phenoxy) is 1. The number of halogens is 3. The topological polar surface area (TPSA) is 55.8 Å². The molecular weight excluding hydrogens is 279 g/mol. The van der Waals surface area contributed by atoms with Crippen LogP contribution in [-0.4, -0.2) is 29.8 Å². The molecule has 20 heavy (non-hydrogen) atoms. The molecule has 2 heterocycles. The molecule has 0 aliphatic carbocycles. The number of benzene rings is 1. The summed E-state index contributed by atoms with van der Waals surface area (Å²) in [6.45, 7) is -0.0400. The molecule has 2 fully saturated rings. The molecule has 106 valence electrons. The Bertz CT molecular complexity index is 594. The first-order valence-electron chi connectivity index (χ1n) is 5.76. The molecule has 0 saturated carbocycles. The number of esters is 1. The van der Waals surface area contributed by atoms with Gasteiger partial charge in [-0.25, -0.2) is 22.8 Å². The van der Waals surface area contributed by atoms with E-state index in [1.54, 1.807) is 0 Å². The van der Waals surface area contributed by atoms with Gasteiger partial charge in [0.15, 0.2) is 6.23 Å². The second-order valence-corrected chi connectivity index (χ2v) is 4.51. The number of nitrogens with zero attached hydrogens (tertiary/aromatic N) is 1.